The van der Waals surface area contributed by atoms with Crippen LogP contribution in [0, 0.1) is 0 Å². The highest BCUT2D eigenvalue weighted by Crippen LogP contribution is 2.34. The molecule has 0 unspecified atom stereocenters. The van der Waals surface area contributed by atoms with Gasteiger partial charge in [-0.3, -0.25) is 0 Å². The van der Waals surface area contributed by atoms with E-state index in [0.717, 1.165) is 89.9 Å². The van der Waals surface area contributed by atoms with Crippen LogP contribution in [0.4, 0.5) is 0 Å². The van der Waals surface area contributed by atoms with Crippen molar-refractivity contribution in [3.63, 3.8) is 0 Å². The van der Waals surface area contributed by atoms with Gasteiger partial charge in [0, 0.05) is 0 Å². The summed E-state index contributed by atoms with van der Waals surface area (Å²) in [6, 6.07) is 7.07. The zero-order valence-corrected chi connectivity index (χ0v) is 25.7. The molecule has 1 rings (SSSR count). The highest BCUT2D eigenvalue weighted by atomic mass is 16.6. The molecule has 38 heavy (non-hydrogen) atoms. The molecule has 1 aromatic rings. The van der Waals surface area contributed by atoms with Crippen molar-refractivity contribution in [2.45, 2.75) is 168 Å². The van der Waals surface area contributed by atoms with Crippen molar-refractivity contribution in [1.29, 1.82) is 0 Å². The topological polar surface area (TPSA) is 52.6 Å². The van der Waals surface area contributed by atoms with Crippen molar-refractivity contribution in [3.05, 3.63) is 35.4 Å². The molecule has 4 nitrogen and oxygen atoms in total. The minimum atomic E-state index is -0.473. The molecular weight excluding hydrogens is 472 g/mol. The lowest BCUT2D eigenvalue weighted by Crippen LogP contribution is -2.37. The summed E-state index contributed by atoms with van der Waals surface area (Å²) in [6.07, 6.45) is 18.1. The van der Waals surface area contributed by atoms with E-state index in [2.05, 4.69) is 41.5 Å². The third-order valence-corrected chi connectivity index (χ3v) is 7.78. The lowest BCUT2D eigenvalue weighted by atomic mass is 9.86. The number of rotatable bonds is 22. The van der Waals surface area contributed by atoms with Crippen molar-refractivity contribution in [1.82, 2.24) is 0 Å². The maximum absolute atomic E-state index is 13.7. The Morgan fingerprint density at radius 1 is 0.500 bits per heavy atom. The molecule has 0 aliphatic rings. The van der Waals surface area contributed by atoms with E-state index in [1.165, 1.54) is 25.7 Å². The fourth-order valence-electron chi connectivity index (χ4n) is 5.97. The number of unbranched alkanes of at least 4 members (excludes halogenated alkanes) is 6. The molecule has 0 aromatic heterocycles. The molecule has 0 atom stereocenters. The Balaban J connectivity index is 3.20. The molecule has 0 heterocycles. The molecule has 1 aromatic carbocycles. The van der Waals surface area contributed by atoms with Crippen LogP contribution in [0.5, 0.6) is 0 Å². The van der Waals surface area contributed by atoms with Crippen molar-refractivity contribution in [2.75, 3.05) is 0 Å². The van der Waals surface area contributed by atoms with Gasteiger partial charge in [0.05, 0.1) is 11.1 Å². The molecule has 0 spiro atoms. The molecule has 0 N–H and O–H groups in total. The summed E-state index contributed by atoms with van der Waals surface area (Å²) >= 11 is 0. The highest BCUT2D eigenvalue weighted by Gasteiger charge is 2.36. The molecule has 0 saturated carbocycles. The second-order valence-corrected chi connectivity index (χ2v) is 11.3. The van der Waals surface area contributed by atoms with Gasteiger partial charge >= 0.3 is 11.9 Å². The standard InChI is InChI=1S/C34H58O4/c1-7-13-15-19-27-33(23-9-3,24-10-4)37-31(35)29-21-17-18-22-30(29)32(36)38-34(25-11-5,26-12-6)28-20-16-14-8-2/h17-18,21-22H,7-16,19-20,23-28H2,1-6H3. The first kappa shape index (κ1) is 34.2. The number of esters is 2. The van der Waals surface area contributed by atoms with Gasteiger partial charge in [0.25, 0.3) is 0 Å². The van der Waals surface area contributed by atoms with Gasteiger partial charge < -0.3 is 9.47 Å². The minimum Gasteiger partial charge on any atom is -0.455 e. The smallest absolute Gasteiger partial charge is 0.339 e. The SMILES string of the molecule is CCCCCCC(CCC)(CCC)OC(=O)c1ccccc1C(=O)OC(CCC)(CCC)CCCCCC. The van der Waals surface area contributed by atoms with Gasteiger partial charge in [-0.2, -0.15) is 0 Å². The van der Waals surface area contributed by atoms with E-state index in [9.17, 15) is 9.59 Å². The fraction of sp³-hybridized carbons (Fsp3) is 0.765. The van der Waals surface area contributed by atoms with E-state index in [1.807, 2.05) is 12.1 Å². The molecule has 0 radical (unpaired) electrons. The van der Waals surface area contributed by atoms with Crippen LogP contribution in [-0.4, -0.2) is 23.1 Å². The molecule has 0 amide bonds. The summed E-state index contributed by atoms with van der Waals surface area (Å²) in [6.45, 7) is 13.0. The van der Waals surface area contributed by atoms with E-state index in [4.69, 9.17) is 9.47 Å². The van der Waals surface area contributed by atoms with Crippen molar-refractivity contribution in [2.24, 2.45) is 0 Å². The van der Waals surface area contributed by atoms with Crippen molar-refractivity contribution >= 4 is 11.9 Å². The summed E-state index contributed by atoms with van der Waals surface area (Å²) in [7, 11) is 0. The Morgan fingerprint density at radius 3 is 1.13 bits per heavy atom. The monoisotopic (exact) mass is 530 g/mol. The third-order valence-electron chi connectivity index (χ3n) is 7.78. The van der Waals surface area contributed by atoms with Gasteiger partial charge in [0.1, 0.15) is 11.2 Å². The minimum absolute atomic E-state index is 0.329. The van der Waals surface area contributed by atoms with Gasteiger partial charge in [-0.05, 0) is 63.5 Å². The van der Waals surface area contributed by atoms with Crippen molar-refractivity contribution < 1.29 is 19.1 Å². The molecule has 0 saturated heterocycles. The summed E-state index contributed by atoms with van der Waals surface area (Å²) in [5, 5.41) is 0. The van der Waals surface area contributed by atoms with E-state index in [0.29, 0.717) is 11.1 Å². The van der Waals surface area contributed by atoms with Crippen LogP contribution in [-0.2, 0) is 9.47 Å². The Bertz CT molecular complexity index is 707. The Hall–Kier alpha value is -1.84. The van der Waals surface area contributed by atoms with Gasteiger partial charge in [-0.1, -0.05) is 118 Å². The molecular formula is C34H58O4. The van der Waals surface area contributed by atoms with Gasteiger partial charge in [-0.25, -0.2) is 9.59 Å². The number of hydrogen-bond acceptors (Lipinski definition) is 4. The first-order valence-electron chi connectivity index (χ1n) is 15.9. The Kier molecular flexibility index (Phi) is 17.3. The van der Waals surface area contributed by atoms with Crippen LogP contribution >= 0.6 is 0 Å². The molecule has 0 fully saturated rings. The van der Waals surface area contributed by atoms with Crippen LogP contribution in [0.3, 0.4) is 0 Å². The van der Waals surface area contributed by atoms with Crippen LogP contribution in [0.25, 0.3) is 0 Å². The third kappa shape index (κ3) is 11.5. The predicted molar refractivity (Wildman–Crippen MR) is 160 cm³/mol. The van der Waals surface area contributed by atoms with Crippen LogP contribution in [0.1, 0.15) is 178 Å². The zero-order valence-electron chi connectivity index (χ0n) is 25.7. The predicted octanol–water partition coefficient (Wildman–Crippen LogP) is 10.6. The lowest BCUT2D eigenvalue weighted by Gasteiger charge is -2.35. The number of hydrogen-bond donors (Lipinski definition) is 0. The molecule has 4 heteroatoms. The largest absolute Gasteiger partial charge is 0.455 e. The molecule has 218 valence electrons. The highest BCUT2D eigenvalue weighted by molar-refractivity contribution is 6.03. The van der Waals surface area contributed by atoms with E-state index in [-0.39, 0.29) is 0 Å². The van der Waals surface area contributed by atoms with E-state index >= 15 is 0 Å². The number of ether oxygens (including phenoxy) is 2. The van der Waals surface area contributed by atoms with Crippen molar-refractivity contribution in [3.8, 4) is 0 Å². The van der Waals surface area contributed by atoms with E-state index in [1.54, 1.807) is 12.1 Å². The van der Waals surface area contributed by atoms with Crippen LogP contribution in [0.15, 0.2) is 24.3 Å². The maximum Gasteiger partial charge on any atom is 0.339 e. The average Bonchev–Trinajstić information content (AvgIpc) is 2.90. The Morgan fingerprint density at radius 2 is 0.842 bits per heavy atom. The summed E-state index contributed by atoms with van der Waals surface area (Å²) < 4.78 is 12.7. The Labute approximate surface area is 234 Å². The number of carbonyl (C=O) groups excluding carboxylic acids is 2. The van der Waals surface area contributed by atoms with E-state index < -0.39 is 23.1 Å². The van der Waals surface area contributed by atoms with Gasteiger partial charge in [-0.15, -0.1) is 0 Å². The first-order valence-corrected chi connectivity index (χ1v) is 15.9. The molecule has 0 bridgehead atoms. The van der Waals surface area contributed by atoms with Gasteiger partial charge in [0.2, 0.25) is 0 Å². The first-order chi connectivity index (χ1) is 18.4. The summed E-state index contributed by atoms with van der Waals surface area (Å²) in [5.74, 6) is -0.788. The van der Waals surface area contributed by atoms with Crippen LogP contribution in [0.2, 0.25) is 0 Å². The fourth-order valence-corrected chi connectivity index (χ4v) is 5.97. The lowest BCUT2D eigenvalue weighted by molar-refractivity contribution is -0.0383. The summed E-state index contributed by atoms with van der Waals surface area (Å²) in [5.41, 5.74) is -0.288. The number of carbonyl (C=O) groups is 2. The van der Waals surface area contributed by atoms with Crippen LogP contribution < -0.4 is 0 Å². The second kappa shape index (κ2) is 19.3. The molecule has 0 aliphatic heterocycles. The summed E-state index contributed by atoms with van der Waals surface area (Å²) in [4.78, 5) is 27.3. The maximum atomic E-state index is 13.7. The quantitative estimate of drug-likeness (QED) is 0.110. The second-order valence-electron chi connectivity index (χ2n) is 11.3. The number of benzene rings is 1. The average molecular weight is 531 g/mol. The normalized spacial score (nSPS) is 11.9. The zero-order chi connectivity index (χ0) is 28.3. The van der Waals surface area contributed by atoms with Gasteiger partial charge in [0.15, 0.2) is 0 Å². The molecule has 0 aliphatic carbocycles.